The van der Waals surface area contributed by atoms with E-state index in [0.29, 0.717) is 19.4 Å². The summed E-state index contributed by atoms with van der Waals surface area (Å²) in [7, 11) is -1.39. The number of hydrogen-bond acceptors (Lipinski definition) is 6. The first-order valence-electron chi connectivity index (χ1n) is 7.06. The number of carboxylic acid groups (broad SMARTS) is 1. The average Bonchev–Trinajstić information content (AvgIpc) is 2.81. The third-order valence-corrected chi connectivity index (χ3v) is 4.00. The van der Waals surface area contributed by atoms with E-state index in [1.54, 1.807) is 0 Å². The number of carbonyl (C=O) groups excluding carboxylic acids is 1. The van der Waals surface area contributed by atoms with Gasteiger partial charge in [0.05, 0.1) is 5.92 Å². The van der Waals surface area contributed by atoms with Crippen LogP contribution in [0.5, 0.6) is 0 Å². The third-order valence-electron chi connectivity index (χ3n) is 4.00. The first kappa shape index (κ1) is 17.9. The SMILES string of the molecule is C[C@](N)(CN)C(=O)N1C[C@@H](CCCB(O)O)[C@H](C(=O)O)C1. The molecule has 8 nitrogen and oxygen atoms in total. The van der Waals surface area contributed by atoms with Gasteiger partial charge in [-0.3, -0.25) is 9.59 Å². The van der Waals surface area contributed by atoms with Crippen molar-refractivity contribution in [2.45, 2.75) is 31.6 Å². The van der Waals surface area contributed by atoms with E-state index < -0.39 is 24.5 Å². The van der Waals surface area contributed by atoms with Gasteiger partial charge in [0.1, 0.15) is 5.54 Å². The molecule has 0 aliphatic carbocycles. The van der Waals surface area contributed by atoms with Gasteiger partial charge in [0.15, 0.2) is 0 Å². The summed E-state index contributed by atoms with van der Waals surface area (Å²) in [6.45, 7) is 1.94. The van der Waals surface area contributed by atoms with E-state index in [4.69, 9.17) is 21.5 Å². The van der Waals surface area contributed by atoms with E-state index in [2.05, 4.69) is 0 Å². The van der Waals surface area contributed by atoms with E-state index in [1.165, 1.54) is 11.8 Å². The molecule has 0 radical (unpaired) electrons. The number of aliphatic carboxylic acids is 1. The normalized spacial score (nSPS) is 24.7. The van der Waals surface area contributed by atoms with Gasteiger partial charge in [-0.25, -0.2) is 0 Å². The molecule has 1 heterocycles. The fourth-order valence-electron chi connectivity index (χ4n) is 2.62. The molecule has 0 aromatic rings. The Kier molecular flexibility index (Phi) is 6.15. The van der Waals surface area contributed by atoms with E-state index in [1.807, 2.05) is 0 Å². The first-order chi connectivity index (χ1) is 9.69. The predicted octanol–water partition coefficient (Wildman–Crippen LogP) is -1.93. The molecule has 0 spiro atoms. The van der Waals surface area contributed by atoms with Crippen molar-refractivity contribution < 1.29 is 24.7 Å². The predicted molar refractivity (Wildman–Crippen MR) is 77.1 cm³/mol. The van der Waals surface area contributed by atoms with Crippen molar-refractivity contribution in [3.05, 3.63) is 0 Å². The Morgan fingerprint density at radius 2 is 2.00 bits per heavy atom. The lowest BCUT2D eigenvalue weighted by Gasteiger charge is -2.27. The zero-order valence-corrected chi connectivity index (χ0v) is 12.2. The van der Waals surface area contributed by atoms with Gasteiger partial charge in [0, 0.05) is 19.6 Å². The van der Waals surface area contributed by atoms with Crippen LogP contribution in [0.4, 0.5) is 0 Å². The molecular formula is C12H24BN3O5. The lowest BCUT2D eigenvalue weighted by Crippen LogP contribution is -2.57. The largest absolute Gasteiger partial charge is 0.481 e. The number of nitrogens with two attached hydrogens (primary N) is 2. The van der Waals surface area contributed by atoms with Gasteiger partial charge >= 0.3 is 13.1 Å². The molecule has 1 rings (SSSR count). The van der Waals surface area contributed by atoms with Crippen molar-refractivity contribution in [2.24, 2.45) is 23.3 Å². The van der Waals surface area contributed by atoms with Crippen molar-refractivity contribution in [3.63, 3.8) is 0 Å². The zero-order valence-electron chi connectivity index (χ0n) is 12.2. The topological polar surface area (TPSA) is 150 Å². The van der Waals surface area contributed by atoms with Crippen LogP contribution >= 0.6 is 0 Å². The molecule has 21 heavy (non-hydrogen) atoms. The molecular weight excluding hydrogens is 277 g/mol. The third kappa shape index (κ3) is 4.67. The second-order valence-corrected chi connectivity index (χ2v) is 5.95. The first-order valence-corrected chi connectivity index (χ1v) is 7.06. The Morgan fingerprint density at radius 1 is 1.38 bits per heavy atom. The number of rotatable bonds is 7. The lowest BCUT2D eigenvalue weighted by atomic mass is 9.80. The molecule has 1 aliphatic heterocycles. The van der Waals surface area contributed by atoms with E-state index in [9.17, 15) is 14.7 Å². The number of carboxylic acids is 1. The lowest BCUT2D eigenvalue weighted by molar-refractivity contribution is -0.142. The van der Waals surface area contributed by atoms with Crippen molar-refractivity contribution in [2.75, 3.05) is 19.6 Å². The van der Waals surface area contributed by atoms with Gasteiger partial charge < -0.3 is 31.5 Å². The molecule has 0 aromatic carbocycles. The minimum Gasteiger partial charge on any atom is -0.481 e. The Hall–Kier alpha value is -1.16. The molecule has 3 atom stereocenters. The minimum absolute atomic E-state index is 0.0125. The smallest absolute Gasteiger partial charge is 0.451 e. The van der Waals surface area contributed by atoms with Crippen molar-refractivity contribution >= 4 is 19.0 Å². The van der Waals surface area contributed by atoms with E-state index >= 15 is 0 Å². The number of nitrogens with zero attached hydrogens (tertiary/aromatic N) is 1. The van der Waals surface area contributed by atoms with Gasteiger partial charge in [-0.05, 0) is 25.6 Å². The Labute approximate surface area is 124 Å². The number of hydrogen-bond donors (Lipinski definition) is 5. The van der Waals surface area contributed by atoms with Crippen molar-refractivity contribution in [3.8, 4) is 0 Å². The van der Waals surface area contributed by atoms with Gasteiger partial charge in [0.2, 0.25) is 5.91 Å². The number of likely N-dealkylation sites (tertiary alicyclic amines) is 1. The Balaban J connectivity index is 2.68. The van der Waals surface area contributed by atoms with Crippen molar-refractivity contribution in [1.82, 2.24) is 4.90 Å². The zero-order chi connectivity index (χ0) is 16.2. The maximum atomic E-state index is 12.2. The fraction of sp³-hybridized carbons (Fsp3) is 0.833. The van der Waals surface area contributed by atoms with E-state index in [0.717, 1.165) is 0 Å². The van der Waals surface area contributed by atoms with Crippen LogP contribution in [0, 0.1) is 11.8 Å². The van der Waals surface area contributed by atoms with Crippen LogP contribution in [0.25, 0.3) is 0 Å². The summed E-state index contributed by atoms with van der Waals surface area (Å²) in [5.74, 6) is -2.16. The maximum absolute atomic E-state index is 12.2. The van der Waals surface area contributed by atoms with Crippen LogP contribution in [-0.4, -0.2) is 64.2 Å². The standard InChI is InChI=1S/C12H24BN3O5/c1-12(15,7-14)11(19)16-5-8(3-2-4-13(20)21)9(6-16)10(17)18/h8-9,20-21H,2-7,14-15H2,1H3,(H,17,18)/t8-,9-,12+/m1/s1. The molecule has 0 aromatic heterocycles. The summed E-state index contributed by atoms with van der Waals surface area (Å²) in [4.78, 5) is 25.0. The highest BCUT2D eigenvalue weighted by atomic mass is 16.4. The molecule has 1 fully saturated rings. The second-order valence-electron chi connectivity index (χ2n) is 5.95. The molecule has 1 aliphatic rings. The summed E-state index contributed by atoms with van der Waals surface area (Å²) < 4.78 is 0. The second kappa shape index (κ2) is 7.21. The van der Waals surface area contributed by atoms with Crippen LogP contribution in [0.15, 0.2) is 0 Å². The monoisotopic (exact) mass is 301 g/mol. The molecule has 1 amide bonds. The van der Waals surface area contributed by atoms with Crippen LogP contribution in [0.3, 0.4) is 0 Å². The van der Waals surface area contributed by atoms with E-state index in [-0.39, 0.29) is 31.2 Å². The molecule has 0 unspecified atom stereocenters. The molecule has 0 bridgehead atoms. The van der Waals surface area contributed by atoms with Gasteiger partial charge in [-0.15, -0.1) is 0 Å². The van der Waals surface area contributed by atoms with Crippen LogP contribution in [-0.2, 0) is 9.59 Å². The highest BCUT2D eigenvalue weighted by Gasteiger charge is 2.42. The maximum Gasteiger partial charge on any atom is 0.451 e. The van der Waals surface area contributed by atoms with Crippen LogP contribution in [0.1, 0.15) is 19.8 Å². The van der Waals surface area contributed by atoms with Gasteiger partial charge in [-0.1, -0.05) is 6.42 Å². The number of carbonyl (C=O) groups is 2. The molecule has 1 saturated heterocycles. The van der Waals surface area contributed by atoms with Crippen molar-refractivity contribution in [1.29, 1.82) is 0 Å². The molecule has 0 saturated carbocycles. The molecule has 9 heteroatoms. The number of amides is 1. The summed E-state index contributed by atoms with van der Waals surface area (Å²) in [5, 5.41) is 26.9. The highest BCUT2D eigenvalue weighted by molar-refractivity contribution is 6.40. The summed E-state index contributed by atoms with van der Waals surface area (Å²) in [6.07, 6.45) is 1.20. The minimum atomic E-state index is -1.39. The fourth-order valence-corrected chi connectivity index (χ4v) is 2.62. The Bertz CT molecular complexity index is 391. The molecule has 120 valence electrons. The summed E-state index contributed by atoms with van der Waals surface area (Å²) >= 11 is 0. The molecule has 7 N–H and O–H groups in total. The van der Waals surface area contributed by atoms with Crippen LogP contribution < -0.4 is 11.5 Å². The highest BCUT2D eigenvalue weighted by Crippen LogP contribution is 2.29. The summed E-state index contributed by atoms with van der Waals surface area (Å²) in [5.41, 5.74) is 10.1. The average molecular weight is 301 g/mol. The van der Waals surface area contributed by atoms with Gasteiger partial charge in [0.25, 0.3) is 0 Å². The van der Waals surface area contributed by atoms with Gasteiger partial charge in [-0.2, -0.15) is 0 Å². The van der Waals surface area contributed by atoms with Crippen LogP contribution in [0.2, 0.25) is 6.32 Å². The Morgan fingerprint density at radius 3 is 2.48 bits per heavy atom. The summed E-state index contributed by atoms with van der Waals surface area (Å²) in [6, 6.07) is 0. The quantitative estimate of drug-likeness (QED) is 0.344.